The largest absolute Gasteiger partial charge is 0.481 e. The van der Waals surface area contributed by atoms with Crippen LogP contribution >= 0.6 is 11.6 Å². The zero-order valence-corrected chi connectivity index (χ0v) is 19.9. The summed E-state index contributed by atoms with van der Waals surface area (Å²) in [4.78, 5) is 19.8. The lowest BCUT2D eigenvalue weighted by Gasteiger charge is -2.11. The van der Waals surface area contributed by atoms with Gasteiger partial charge in [-0.15, -0.1) is 0 Å². The van der Waals surface area contributed by atoms with E-state index in [1.807, 2.05) is 0 Å². The summed E-state index contributed by atoms with van der Waals surface area (Å²) in [5.41, 5.74) is -2.00. The van der Waals surface area contributed by atoms with Crippen molar-refractivity contribution in [1.29, 1.82) is 0 Å². The number of carbonyl (C=O) groups excluding carboxylic acids is 1. The van der Waals surface area contributed by atoms with E-state index < -0.39 is 51.7 Å². The zero-order valence-electron chi connectivity index (χ0n) is 18.4. The standard InChI is InChI=1S/C19H17ClF4N6O5S/c1-34-13-7-11(26-19(27-13)35-2)29-36(32,33)10-5-3-9(4-6-10)25-12(31)8-30-16(18(23)24)14(20)15(28-30)17(21)22/h3-7,17-18H,8H2,1-2H3,(H,25,31)(H,26,27,29). The molecule has 1 aromatic carbocycles. The molecular weight excluding hydrogens is 536 g/mol. The van der Waals surface area contributed by atoms with E-state index in [0.29, 0.717) is 4.68 Å². The van der Waals surface area contributed by atoms with Gasteiger partial charge in [-0.05, 0) is 24.3 Å². The van der Waals surface area contributed by atoms with E-state index >= 15 is 0 Å². The maximum absolute atomic E-state index is 13.2. The molecule has 0 spiro atoms. The maximum atomic E-state index is 13.2. The molecule has 17 heteroatoms. The highest BCUT2D eigenvalue weighted by Gasteiger charge is 2.28. The van der Waals surface area contributed by atoms with Crippen molar-refractivity contribution in [3.8, 4) is 11.9 Å². The Morgan fingerprint density at radius 3 is 2.31 bits per heavy atom. The van der Waals surface area contributed by atoms with E-state index in [2.05, 4.69) is 25.1 Å². The first-order valence-electron chi connectivity index (χ1n) is 9.67. The van der Waals surface area contributed by atoms with Gasteiger partial charge in [0.2, 0.25) is 11.8 Å². The summed E-state index contributed by atoms with van der Waals surface area (Å²) in [5.74, 6) is -0.982. The minimum absolute atomic E-state index is 0.0479. The number of nitrogens with one attached hydrogen (secondary N) is 2. The number of ether oxygens (including phenoxy) is 2. The molecule has 0 aliphatic rings. The molecule has 0 bridgehead atoms. The third-order valence-electron chi connectivity index (χ3n) is 4.42. The Morgan fingerprint density at radius 1 is 1.08 bits per heavy atom. The van der Waals surface area contributed by atoms with Crippen LogP contribution < -0.4 is 19.5 Å². The smallest absolute Gasteiger partial charge is 0.321 e. The first-order chi connectivity index (χ1) is 16.9. The Kier molecular flexibility index (Phi) is 8.19. The molecule has 0 unspecified atom stereocenters. The SMILES string of the molecule is COc1cc(NS(=O)(=O)c2ccc(NC(=O)Cn3nc(C(F)F)c(Cl)c3C(F)F)cc2)nc(OC)n1. The van der Waals surface area contributed by atoms with Crippen LogP contribution in [0.25, 0.3) is 0 Å². The summed E-state index contributed by atoms with van der Waals surface area (Å²) < 4.78 is 90.1. The van der Waals surface area contributed by atoms with Crippen LogP contribution in [0.4, 0.5) is 29.1 Å². The van der Waals surface area contributed by atoms with Crippen molar-refractivity contribution in [1.82, 2.24) is 19.7 Å². The average molecular weight is 553 g/mol. The topological polar surface area (TPSA) is 137 Å². The number of halogens is 5. The van der Waals surface area contributed by atoms with Crippen LogP contribution in [0.1, 0.15) is 24.2 Å². The highest BCUT2D eigenvalue weighted by Crippen LogP contribution is 2.34. The van der Waals surface area contributed by atoms with E-state index in [-0.39, 0.29) is 28.3 Å². The van der Waals surface area contributed by atoms with Crippen molar-refractivity contribution in [2.75, 3.05) is 24.3 Å². The first-order valence-corrected chi connectivity index (χ1v) is 11.5. The highest BCUT2D eigenvalue weighted by molar-refractivity contribution is 7.92. The summed E-state index contributed by atoms with van der Waals surface area (Å²) in [6.45, 7) is -0.842. The van der Waals surface area contributed by atoms with Crippen LogP contribution in [0, 0.1) is 0 Å². The fourth-order valence-electron chi connectivity index (χ4n) is 2.84. The fourth-order valence-corrected chi connectivity index (χ4v) is 4.14. The van der Waals surface area contributed by atoms with Gasteiger partial charge in [0, 0.05) is 11.8 Å². The first kappa shape index (κ1) is 26.9. The van der Waals surface area contributed by atoms with E-state index in [4.69, 9.17) is 21.1 Å². The van der Waals surface area contributed by atoms with E-state index in [1.165, 1.54) is 32.4 Å². The summed E-state index contributed by atoms with van der Waals surface area (Å²) >= 11 is 5.56. The van der Waals surface area contributed by atoms with Crippen molar-refractivity contribution in [3.05, 3.63) is 46.7 Å². The number of hydrogen-bond acceptors (Lipinski definition) is 8. The number of aromatic nitrogens is 4. The number of amides is 1. The van der Waals surface area contributed by atoms with Gasteiger partial charge in [0.1, 0.15) is 17.9 Å². The Labute approximate surface area is 206 Å². The molecule has 0 atom stereocenters. The predicted molar refractivity (Wildman–Crippen MR) is 118 cm³/mol. The number of anilines is 2. The molecule has 11 nitrogen and oxygen atoms in total. The van der Waals surface area contributed by atoms with E-state index in [1.54, 1.807) is 0 Å². The van der Waals surface area contributed by atoms with Gasteiger partial charge in [0.15, 0.2) is 5.82 Å². The number of methoxy groups -OCH3 is 2. The normalized spacial score (nSPS) is 11.6. The van der Waals surface area contributed by atoms with Gasteiger partial charge in [0.05, 0.1) is 24.1 Å². The second kappa shape index (κ2) is 10.9. The predicted octanol–water partition coefficient (Wildman–Crippen LogP) is 3.66. The highest BCUT2D eigenvalue weighted by atomic mass is 35.5. The van der Waals surface area contributed by atoms with Crippen molar-refractivity contribution in [3.63, 3.8) is 0 Å². The van der Waals surface area contributed by atoms with Crippen molar-refractivity contribution in [2.24, 2.45) is 0 Å². The molecule has 194 valence electrons. The lowest BCUT2D eigenvalue weighted by atomic mass is 10.3. The number of hydrogen-bond donors (Lipinski definition) is 2. The third-order valence-corrected chi connectivity index (χ3v) is 6.18. The van der Waals surface area contributed by atoms with Gasteiger partial charge >= 0.3 is 6.01 Å². The molecule has 2 N–H and O–H groups in total. The molecule has 2 aromatic heterocycles. The number of benzene rings is 1. The monoisotopic (exact) mass is 552 g/mol. The second-order valence-corrected chi connectivity index (χ2v) is 8.86. The number of nitrogens with zero attached hydrogens (tertiary/aromatic N) is 4. The van der Waals surface area contributed by atoms with Gasteiger partial charge in [-0.2, -0.15) is 15.1 Å². The number of carbonyl (C=O) groups is 1. The average Bonchev–Trinajstić information content (AvgIpc) is 3.14. The van der Waals surface area contributed by atoms with Gasteiger partial charge in [-0.3, -0.25) is 14.2 Å². The maximum Gasteiger partial charge on any atom is 0.321 e. The van der Waals surface area contributed by atoms with Gasteiger partial charge < -0.3 is 14.8 Å². The molecule has 0 aliphatic carbocycles. The molecule has 0 fully saturated rings. The van der Waals surface area contributed by atoms with Crippen LogP contribution in [0.5, 0.6) is 11.9 Å². The number of rotatable bonds is 10. The van der Waals surface area contributed by atoms with E-state index in [0.717, 1.165) is 12.1 Å². The van der Waals surface area contributed by atoms with Crippen molar-refractivity contribution in [2.45, 2.75) is 24.3 Å². The van der Waals surface area contributed by atoms with Gasteiger partial charge in [-0.25, -0.2) is 26.0 Å². The molecule has 3 aromatic rings. The minimum atomic E-state index is -4.13. The second-order valence-electron chi connectivity index (χ2n) is 6.80. The Morgan fingerprint density at radius 2 is 1.75 bits per heavy atom. The summed E-state index contributed by atoms with van der Waals surface area (Å²) in [6, 6.07) is 5.84. The Hall–Kier alpha value is -3.66. The molecule has 36 heavy (non-hydrogen) atoms. The van der Waals surface area contributed by atoms with Crippen LogP contribution in [-0.4, -0.2) is 48.3 Å². The lowest BCUT2D eigenvalue weighted by Crippen LogP contribution is -2.21. The number of alkyl halides is 4. The van der Waals surface area contributed by atoms with Gasteiger partial charge in [-0.1, -0.05) is 11.6 Å². The fraction of sp³-hybridized carbons (Fsp3) is 0.263. The molecular formula is C19H17ClF4N6O5S. The van der Waals surface area contributed by atoms with Crippen LogP contribution in [0.2, 0.25) is 5.02 Å². The molecule has 0 aliphatic heterocycles. The molecule has 0 saturated carbocycles. The quantitative estimate of drug-likeness (QED) is 0.364. The Balaban J connectivity index is 1.73. The van der Waals surface area contributed by atoms with E-state index in [9.17, 15) is 30.8 Å². The van der Waals surface area contributed by atoms with Gasteiger partial charge in [0.25, 0.3) is 22.9 Å². The molecule has 0 radical (unpaired) electrons. The zero-order chi connectivity index (χ0) is 26.6. The van der Waals surface area contributed by atoms with Crippen LogP contribution in [-0.2, 0) is 21.4 Å². The summed E-state index contributed by atoms with van der Waals surface area (Å²) in [5, 5.41) is 4.71. The third kappa shape index (κ3) is 6.12. The van der Waals surface area contributed by atoms with Crippen molar-refractivity contribution >= 4 is 39.0 Å². The lowest BCUT2D eigenvalue weighted by molar-refractivity contribution is -0.117. The molecule has 0 saturated heterocycles. The van der Waals surface area contributed by atoms with Crippen molar-refractivity contribution < 1.29 is 40.2 Å². The van der Waals surface area contributed by atoms with Crippen LogP contribution in [0.15, 0.2) is 35.2 Å². The minimum Gasteiger partial charge on any atom is -0.481 e. The summed E-state index contributed by atoms with van der Waals surface area (Å²) in [6.07, 6.45) is -6.47. The molecule has 1 amide bonds. The van der Waals surface area contributed by atoms with Crippen LogP contribution in [0.3, 0.4) is 0 Å². The Bertz CT molecular complexity index is 1330. The summed E-state index contributed by atoms with van der Waals surface area (Å²) in [7, 11) is -1.53. The number of sulfonamides is 1. The molecule has 2 heterocycles. The molecule has 3 rings (SSSR count).